The van der Waals surface area contributed by atoms with Crippen LogP contribution < -0.4 is 0 Å². The van der Waals surface area contributed by atoms with Gasteiger partial charge in [0.1, 0.15) is 5.60 Å². The fraction of sp³-hybridized carbons (Fsp3) is 0.786. The SMILES string of the molecule is C=C(C)C(=O)OC(CC)(CCC)CCCC. The summed E-state index contributed by atoms with van der Waals surface area (Å²) >= 11 is 0. The van der Waals surface area contributed by atoms with Crippen molar-refractivity contribution in [1.29, 1.82) is 0 Å². The van der Waals surface area contributed by atoms with Gasteiger partial charge in [0, 0.05) is 5.57 Å². The van der Waals surface area contributed by atoms with E-state index in [1.807, 2.05) is 0 Å². The summed E-state index contributed by atoms with van der Waals surface area (Å²) in [5.74, 6) is -0.244. The van der Waals surface area contributed by atoms with Gasteiger partial charge in [0.15, 0.2) is 0 Å². The third-order valence-electron chi connectivity index (χ3n) is 2.99. The molecule has 1 unspecified atom stereocenters. The lowest BCUT2D eigenvalue weighted by molar-refractivity contribution is -0.157. The van der Waals surface area contributed by atoms with Crippen LogP contribution in [0.25, 0.3) is 0 Å². The molecule has 0 bridgehead atoms. The van der Waals surface area contributed by atoms with Crippen molar-refractivity contribution in [3.63, 3.8) is 0 Å². The minimum Gasteiger partial charge on any atom is -0.456 e. The Kier molecular flexibility index (Phi) is 7.11. The first-order valence-corrected chi connectivity index (χ1v) is 6.40. The number of carbonyl (C=O) groups is 1. The number of hydrogen-bond acceptors (Lipinski definition) is 2. The van der Waals surface area contributed by atoms with Crippen LogP contribution in [0.1, 0.15) is 66.2 Å². The molecule has 0 saturated carbocycles. The maximum Gasteiger partial charge on any atom is 0.333 e. The molecule has 0 aliphatic carbocycles. The van der Waals surface area contributed by atoms with Crippen LogP contribution in [0.5, 0.6) is 0 Å². The molecule has 2 heteroatoms. The van der Waals surface area contributed by atoms with Crippen molar-refractivity contribution in [1.82, 2.24) is 0 Å². The highest BCUT2D eigenvalue weighted by Crippen LogP contribution is 2.29. The van der Waals surface area contributed by atoms with Crippen molar-refractivity contribution in [2.45, 2.75) is 71.8 Å². The van der Waals surface area contributed by atoms with Crippen molar-refractivity contribution in [2.24, 2.45) is 0 Å². The molecule has 0 aliphatic heterocycles. The lowest BCUT2D eigenvalue weighted by Gasteiger charge is -2.32. The number of carbonyl (C=O) groups excluding carboxylic acids is 1. The molecule has 0 amide bonds. The van der Waals surface area contributed by atoms with Crippen LogP contribution in [-0.4, -0.2) is 11.6 Å². The Balaban J connectivity index is 4.60. The number of rotatable bonds is 8. The number of esters is 1. The Labute approximate surface area is 100 Å². The maximum absolute atomic E-state index is 11.6. The molecule has 0 heterocycles. The molecule has 0 saturated heterocycles. The second-order valence-corrected chi connectivity index (χ2v) is 4.56. The van der Waals surface area contributed by atoms with Crippen LogP contribution in [-0.2, 0) is 9.53 Å². The van der Waals surface area contributed by atoms with Gasteiger partial charge in [-0.3, -0.25) is 0 Å². The van der Waals surface area contributed by atoms with Crippen molar-refractivity contribution < 1.29 is 9.53 Å². The summed E-state index contributed by atoms with van der Waals surface area (Å²) in [5, 5.41) is 0. The number of hydrogen-bond donors (Lipinski definition) is 0. The van der Waals surface area contributed by atoms with Gasteiger partial charge in [0.05, 0.1) is 0 Å². The summed E-state index contributed by atoms with van der Waals surface area (Å²) in [4.78, 5) is 11.6. The molecular weight excluding hydrogens is 200 g/mol. The van der Waals surface area contributed by atoms with Crippen LogP contribution in [0.15, 0.2) is 12.2 Å². The molecule has 0 aromatic rings. The zero-order valence-electron chi connectivity index (χ0n) is 11.3. The average Bonchev–Trinajstić information content (AvgIpc) is 2.26. The van der Waals surface area contributed by atoms with E-state index in [0.717, 1.165) is 38.5 Å². The molecule has 0 radical (unpaired) electrons. The lowest BCUT2D eigenvalue weighted by atomic mass is 9.89. The van der Waals surface area contributed by atoms with E-state index in [2.05, 4.69) is 27.4 Å². The topological polar surface area (TPSA) is 26.3 Å². The first-order chi connectivity index (χ1) is 7.51. The second kappa shape index (κ2) is 7.48. The second-order valence-electron chi connectivity index (χ2n) is 4.56. The molecule has 0 rings (SSSR count). The highest BCUT2D eigenvalue weighted by molar-refractivity contribution is 5.87. The van der Waals surface area contributed by atoms with E-state index in [9.17, 15) is 4.79 Å². The first kappa shape index (κ1) is 15.2. The molecule has 0 fully saturated rings. The fourth-order valence-electron chi connectivity index (χ4n) is 1.89. The van der Waals surface area contributed by atoms with Crippen LogP contribution in [0.3, 0.4) is 0 Å². The molecule has 0 N–H and O–H groups in total. The summed E-state index contributed by atoms with van der Waals surface area (Å²) < 4.78 is 5.65. The van der Waals surface area contributed by atoms with Gasteiger partial charge in [-0.05, 0) is 32.6 Å². The summed E-state index contributed by atoms with van der Waals surface area (Å²) in [5.41, 5.74) is 0.228. The minimum atomic E-state index is -0.263. The third-order valence-corrected chi connectivity index (χ3v) is 2.99. The number of unbranched alkanes of at least 4 members (excludes halogenated alkanes) is 1. The largest absolute Gasteiger partial charge is 0.456 e. The summed E-state index contributed by atoms with van der Waals surface area (Å²) in [6.45, 7) is 11.7. The normalized spacial score (nSPS) is 14.2. The smallest absolute Gasteiger partial charge is 0.333 e. The van der Waals surface area contributed by atoms with E-state index < -0.39 is 0 Å². The summed E-state index contributed by atoms with van der Waals surface area (Å²) in [6, 6.07) is 0. The zero-order chi connectivity index (χ0) is 12.6. The van der Waals surface area contributed by atoms with Gasteiger partial charge in [-0.25, -0.2) is 4.79 Å². The maximum atomic E-state index is 11.6. The quantitative estimate of drug-likeness (QED) is 0.457. The third kappa shape index (κ3) is 4.82. The van der Waals surface area contributed by atoms with Crippen molar-refractivity contribution in [3.8, 4) is 0 Å². The van der Waals surface area contributed by atoms with Gasteiger partial charge in [-0.2, -0.15) is 0 Å². The van der Waals surface area contributed by atoms with Gasteiger partial charge in [0.2, 0.25) is 0 Å². The minimum absolute atomic E-state index is 0.244. The van der Waals surface area contributed by atoms with Gasteiger partial charge >= 0.3 is 5.97 Å². The van der Waals surface area contributed by atoms with Crippen molar-refractivity contribution in [3.05, 3.63) is 12.2 Å². The Morgan fingerprint density at radius 2 is 1.81 bits per heavy atom. The summed E-state index contributed by atoms with van der Waals surface area (Å²) in [6.07, 6.45) is 6.09. The van der Waals surface area contributed by atoms with Crippen LogP contribution >= 0.6 is 0 Å². The zero-order valence-corrected chi connectivity index (χ0v) is 11.3. The van der Waals surface area contributed by atoms with Crippen LogP contribution in [0, 0.1) is 0 Å². The molecule has 0 aliphatic rings. The molecular formula is C14H26O2. The van der Waals surface area contributed by atoms with E-state index >= 15 is 0 Å². The van der Waals surface area contributed by atoms with Gasteiger partial charge in [0.25, 0.3) is 0 Å². The molecule has 1 atom stereocenters. The monoisotopic (exact) mass is 226 g/mol. The average molecular weight is 226 g/mol. The number of ether oxygens (including phenoxy) is 1. The molecule has 16 heavy (non-hydrogen) atoms. The van der Waals surface area contributed by atoms with E-state index in [0.29, 0.717) is 5.57 Å². The Morgan fingerprint density at radius 1 is 1.19 bits per heavy atom. The van der Waals surface area contributed by atoms with E-state index in [1.165, 1.54) is 0 Å². The lowest BCUT2D eigenvalue weighted by Crippen LogP contribution is -2.34. The van der Waals surface area contributed by atoms with E-state index in [-0.39, 0.29) is 11.6 Å². The van der Waals surface area contributed by atoms with Gasteiger partial charge in [-0.1, -0.05) is 40.2 Å². The van der Waals surface area contributed by atoms with Crippen LogP contribution in [0.4, 0.5) is 0 Å². The standard InChI is InChI=1S/C14H26O2/c1-6-9-11-14(8-3,10-7-2)16-13(15)12(4)5/h4,6-11H2,1-3,5H3. The molecule has 0 aromatic heterocycles. The molecule has 0 aromatic carbocycles. The highest BCUT2D eigenvalue weighted by atomic mass is 16.6. The molecule has 94 valence electrons. The molecule has 2 nitrogen and oxygen atoms in total. The van der Waals surface area contributed by atoms with Gasteiger partial charge in [-0.15, -0.1) is 0 Å². The molecule has 0 spiro atoms. The first-order valence-electron chi connectivity index (χ1n) is 6.40. The predicted octanol–water partition coefficient (Wildman–Crippen LogP) is 4.24. The fourth-order valence-corrected chi connectivity index (χ4v) is 1.89. The van der Waals surface area contributed by atoms with E-state index in [1.54, 1.807) is 6.92 Å². The van der Waals surface area contributed by atoms with Gasteiger partial charge < -0.3 is 4.74 Å². The highest BCUT2D eigenvalue weighted by Gasteiger charge is 2.30. The Hall–Kier alpha value is -0.790. The van der Waals surface area contributed by atoms with Crippen molar-refractivity contribution >= 4 is 5.97 Å². The van der Waals surface area contributed by atoms with Crippen molar-refractivity contribution in [2.75, 3.05) is 0 Å². The van der Waals surface area contributed by atoms with Crippen LogP contribution in [0.2, 0.25) is 0 Å². The van der Waals surface area contributed by atoms with E-state index in [4.69, 9.17) is 4.74 Å². The Bertz CT molecular complexity index is 233. The summed E-state index contributed by atoms with van der Waals surface area (Å²) in [7, 11) is 0. The predicted molar refractivity (Wildman–Crippen MR) is 68.4 cm³/mol. The Morgan fingerprint density at radius 3 is 2.19 bits per heavy atom.